The molecule has 3 heterocycles. The molecule has 2 unspecified atom stereocenters. The van der Waals surface area contributed by atoms with E-state index in [1.54, 1.807) is 30.0 Å². The van der Waals surface area contributed by atoms with Gasteiger partial charge in [0.05, 0.1) is 31.7 Å². The van der Waals surface area contributed by atoms with Crippen LogP contribution in [-0.4, -0.2) is 52.5 Å². The first-order valence-corrected chi connectivity index (χ1v) is 10.0. The summed E-state index contributed by atoms with van der Waals surface area (Å²) in [4.78, 5) is 32.8. The number of β-amino-alcohol motifs (C(OH)–C–C–N with tert-alkyl or cyclic N) is 1. The Balaban J connectivity index is 1.57. The van der Waals surface area contributed by atoms with Gasteiger partial charge in [0, 0.05) is 17.3 Å². The molecule has 2 amide bonds. The summed E-state index contributed by atoms with van der Waals surface area (Å²) < 4.78 is 30.0. The highest BCUT2D eigenvalue weighted by molar-refractivity contribution is 6.02. The fourth-order valence-corrected chi connectivity index (χ4v) is 4.10. The second kappa shape index (κ2) is 8.22. The van der Waals surface area contributed by atoms with E-state index < -0.39 is 19.1 Å². The molecule has 1 aromatic heterocycles. The molecule has 2 aromatic rings. The largest absolute Gasteiger partial charge is 0.487 e. The molecule has 0 spiro atoms. The number of halogens is 2. The van der Waals surface area contributed by atoms with E-state index in [1.165, 1.54) is 11.1 Å². The lowest BCUT2D eigenvalue weighted by atomic mass is 10.0. The summed E-state index contributed by atoms with van der Waals surface area (Å²) >= 11 is 0. The van der Waals surface area contributed by atoms with Crippen molar-refractivity contribution in [3.05, 3.63) is 52.7 Å². The molecular formula is C22H23F2N3O4. The molecule has 1 aromatic carbocycles. The average Bonchev–Trinajstić information content (AvgIpc) is 3.24. The quantitative estimate of drug-likeness (QED) is 0.761. The first kappa shape index (κ1) is 21.2. The van der Waals surface area contributed by atoms with Gasteiger partial charge in [-0.15, -0.1) is 0 Å². The van der Waals surface area contributed by atoms with E-state index in [9.17, 15) is 23.5 Å². The molecule has 2 aliphatic heterocycles. The van der Waals surface area contributed by atoms with Gasteiger partial charge in [-0.3, -0.25) is 14.5 Å². The Hall–Kier alpha value is -3.07. The number of fused-ring (bicyclic) bond motifs is 1. The summed E-state index contributed by atoms with van der Waals surface area (Å²) in [6.07, 6.45) is -1.76. The van der Waals surface area contributed by atoms with E-state index in [0.717, 1.165) is 5.56 Å². The standard InChI is InChI=1S/C22H23F2N3O4/c1-12-7-14(3-4-18(12)31-11-19(23)24)13(2)26-10-17-16(22(26)30)5-6-25-21(17)27-9-15(28)8-20(27)29/h3-7,13,15,19,28H,8-11H2,1-2H3. The number of aliphatic hydroxyl groups is 1. The van der Waals surface area contributed by atoms with Gasteiger partial charge in [0.2, 0.25) is 5.91 Å². The molecule has 1 fully saturated rings. The molecule has 164 valence electrons. The SMILES string of the molecule is Cc1cc(C(C)N2Cc3c(ccnc3N3CC(O)CC3=O)C2=O)ccc1OCC(F)F. The van der Waals surface area contributed by atoms with E-state index >= 15 is 0 Å². The van der Waals surface area contributed by atoms with Crippen LogP contribution in [0.5, 0.6) is 5.75 Å². The Kier molecular flexibility index (Phi) is 5.62. The third kappa shape index (κ3) is 3.97. The number of carbonyl (C=O) groups is 2. The van der Waals surface area contributed by atoms with Crippen molar-refractivity contribution in [2.24, 2.45) is 0 Å². The van der Waals surface area contributed by atoms with E-state index in [-0.39, 0.29) is 37.4 Å². The lowest BCUT2D eigenvalue weighted by Crippen LogP contribution is -2.28. The first-order valence-electron chi connectivity index (χ1n) is 10.0. The number of aromatic nitrogens is 1. The van der Waals surface area contributed by atoms with Gasteiger partial charge in [0.15, 0.2) is 0 Å². The van der Waals surface area contributed by atoms with Crippen LogP contribution >= 0.6 is 0 Å². The number of anilines is 1. The lowest BCUT2D eigenvalue weighted by molar-refractivity contribution is -0.117. The number of hydrogen-bond acceptors (Lipinski definition) is 5. The second-order valence-electron chi connectivity index (χ2n) is 7.86. The number of carbonyl (C=O) groups excluding carboxylic acids is 2. The molecule has 4 rings (SSSR count). The number of pyridine rings is 1. The maximum Gasteiger partial charge on any atom is 0.272 e. The third-order valence-electron chi connectivity index (χ3n) is 5.73. The van der Waals surface area contributed by atoms with E-state index in [2.05, 4.69) is 4.98 Å². The Bertz CT molecular complexity index is 1030. The van der Waals surface area contributed by atoms with E-state index in [4.69, 9.17) is 4.74 Å². The Labute approximate surface area is 178 Å². The van der Waals surface area contributed by atoms with Crippen molar-refractivity contribution in [2.75, 3.05) is 18.1 Å². The predicted octanol–water partition coefficient (Wildman–Crippen LogP) is 2.85. The van der Waals surface area contributed by atoms with Crippen LogP contribution in [0.25, 0.3) is 0 Å². The smallest absolute Gasteiger partial charge is 0.272 e. The van der Waals surface area contributed by atoms with Gasteiger partial charge >= 0.3 is 0 Å². The Morgan fingerprint density at radius 3 is 2.71 bits per heavy atom. The van der Waals surface area contributed by atoms with E-state index in [0.29, 0.717) is 28.3 Å². The number of alkyl halides is 2. The Morgan fingerprint density at radius 1 is 1.29 bits per heavy atom. The molecule has 0 saturated carbocycles. The molecule has 2 atom stereocenters. The summed E-state index contributed by atoms with van der Waals surface area (Å²) in [7, 11) is 0. The topological polar surface area (TPSA) is 83.0 Å². The number of nitrogens with zero attached hydrogens (tertiary/aromatic N) is 3. The van der Waals surface area contributed by atoms with Crippen molar-refractivity contribution in [1.29, 1.82) is 0 Å². The number of amides is 2. The molecule has 9 heteroatoms. The fourth-order valence-electron chi connectivity index (χ4n) is 4.10. The van der Waals surface area contributed by atoms with Crippen molar-refractivity contribution >= 4 is 17.6 Å². The number of ether oxygens (including phenoxy) is 1. The van der Waals surface area contributed by atoms with Gasteiger partial charge in [0.25, 0.3) is 12.3 Å². The minimum Gasteiger partial charge on any atom is -0.487 e. The zero-order valence-electron chi connectivity index (χ0n) is 17.2. The van der Waals surface area contributed by atoms with Crippen LogP contribution < -0.4 is 9.64 Å². The molecule has 0 bridgehead atoms. The van der Waals surface area contributed by atoms with Gasteiger partial charge < -0.3 is 14.7 Å². The van der Waals surface area contributed by atoms with Crippen LogP contribution in [0.3, 0.4) is 0 Å². The van der Waals surface area contributed by atoms with E-state index in [1.807, 2.05) is 13.0 Å². The van der Waals surface area contributed by atoms with Crippen molar-refractivity contribution in [2.45, 2.75) is 45.4 Å². The minimum atomic E-state index is -2.55. The molecule has 0 radical (unpaired) electrons. The van der Waals surface area contributed by atoms with Gasteiger partial charge in [0.1, 0.15) is 18.2 Å². The fraction of sp³-hybridized carbons (Fsp3) is 0.409. The molecule has 1 saturated heterocycles. The summed E-state index contributed by atoms with van der Waals surface area (Å²) in [5.74, 6) is 0.398. The van der Waals surface area contributed by atoms with Crippen molar-refractivity contribution < 1.29 is 28.2 Å². The second-order valence-corrected chi connectivity index (χ2v) is 7.86. The van der Waals surface area contributed by atoms with Crippen LogP contribution in [-0.2, 0) is 11.3 Å². The first-order chi connectivity index (χ1) is 14.8. The number of rotatable bonds is 6. The highest BCUT2D eigenvalue weighted by Crippen LogP contribution is 2.37. The van der Waals surface area contributed by atoms with Crippen LogP contribution in [0, 0.1) is 6.92 Å². The predicted molar refractivity (Wildman–Crippen MR) is 108 cm³/mol. The zero-order chi connectivity index (χ0) is 22.3. The molecule has 7 nitrogen and oxygen atoms in total. The Morgan fingerprint density at radius 2 is 2.06 bits per heavy atom. The van der Waals surface area contributed by atoms with Gasteiger partial charge in [-0.25, -0.2) is 13.8 Å². The molecule has 1 N–H and O–H groups in total. The summed E-state index contributed by atoms with van der Waals surface area (Å²) in [6.45, 7) is 3.42. The van der Waals surface area contributed by atoms with Crippen LogP contribution in [0.2, 0.25) is 0 Å². The van der Waals surface area contributed by atoms with Crippen LogP contribution in [0.4, 0.5) is 14.6 Å². The van der Waals surface area contributed by atoms with Gasteiger partial charge in [-0.2, -0.15) is 0 Å². The average molecular weight is 431 g/mol. The summed E-state index contributed by atoms with van der Waals surface area (Å²) in [6, 6.07) is 6.55. The minimum absolute atomic E-state index is 0.0403. The molecule has 31 heavy (non-hydrogen) atoms. The summed E-state index contributed by atoms with van der Waals surface area (Å²) in [5, 5.41) is 9.82. The normalized spacial score (nSPS) is 19.4. The van der Waals surface area contributed by atoms with Crippen molar-refractivity contribution in [3.63, 3.8) is 0 Å². The third-order valence-corrected chi connectivity index (χ3v) is 5.73. The highest BCUT2D eigenvalue weighted by atomic mass is 19.3. The van der Waals surface area contributed by atoms with Gasteiger partial charge in [-0.05, 0) is 37.1 Å². The zero-order valence-corrected chi connectivity index (χ0v) is 17.2. The number of aryl methyl sites for hydroxylation is 1. The van der Waals surface area contributed by atoms with Gasteiger partial charge in [-0.1, -0.05) is 12.1 Å². The highest BCUT2D eigenvalue weighted by Gasteiger charge is 2.38. The van der Waals surface area contributed by atoms with Crippen molar-refractivity contribution in [1.82, 2.24) is 9.88 Å². The lowest BCUT2D eigenvalue weighted by Gasteiger charge is -2.25. The maximum absolute atomic E-state index is 13.1. The number of hydrogen-bond donors (Lipinski definition) is 1. The van der Waals surface area contributed by atoms with Crippen LogP contribution in [0.15, 0.2) is 30.5 Å². The van der Waals surface area contributed by atoms with Crippen LogP contribution in [0.1, 0.15) is 46.4 Å². The van der Waals surface area contributed by atoms with Crippen molar-refractivity contribution in [3.8, 4) is 5.75 Å². The molecule has 0 aliphatic carbocycles. The number of aliphatic hydroxyl groups excluding tert-OH is 1. The maximum atomic E-state index is 13.1. The monoisotopic (exact) mass is 431 g/mol. The number of benzene rings is 1. The molecular weight excluding hydrogens is 408 g/mol. The summed E-state index contributed by atoms with van der Waals surface area (Å²) in [5.41, 5.74) is 2.69. The molecule has 2 aliphatic rings.